The number of halogens is 1. The largest absolute Gasteiger partial charge is 0.396 e. The smallest absolute Gasteiger partial charge is 0.343 e. The van der Waals surface area contributed by atoms with E-state index in [0.717, 1.165) is 4.47 Å². The SMILES string of the molecule is CCn1c(Sc2ncc(Br)cc2N)n[nH]c1=O. The van der Waals surface area contributed by atoms with Crippen molar-refractivity contribution in [1.29, 1.82) is 0 Å². The van der Waals surface area contributed by atoms with Gasteiger partial charge in [-0.2, -0.15) is 0 Å². The summed E-state index contributed by atoms with van der Waals surface area (Å²) in [7, 11) is 0. The quantitative estimate of drug-likeness (QED) is 0.895. The fourth-order valence-corrected chi connectivity index (χ4v) is 2.49. The van der Waals surface area contributed by atoms with Gasteiger partial charge in [0.15, 0.2) is 5.16 Å². The number of nitrogen functional groups attached to an aromatic ring is 1. The fourth-order valence-electron chi connectivity index (χ4n) is 1.27. The molecule has 0 radical (unpaired) electrons. The minimum atomic E-state index is -0.231. The van der Waals surface area contributed by atoms with Crippen molar-refractivity contribution in [2.75, 3.05) is 5.73 Å². The van der Waals surface area contributed by atoms with E-state index in [0.29, 0.717) is 22.4 Å². The first-order valence-corrected chi connectivity index (χ1v) is 6.47. The topological polar surface area (TPSA) is 89.6 Å². The summed E-state index contributed by atoms with van der Waals surface area (Å²) < 4.78 is 2.34. The number of aromatic amines is 1. The van der Waals surface area contributed by atoms with E-state index in [1.165, 1.54) is 16.3 Å². The highest BCUT2D eigenvalue weighted by Crippen LogP contribution is 2.29. The van der Waals surface area contributed by atoms with Crippen molar-refractivity contribution in [3.05, 3.63) is 27.2 Å². The molecule has 0 aliphatic carbocycles. The summed E-state index contributed by atoms with van der Waals surface area (Å²) in [6.45, 7) is 2.42. The Morgan fingerprint density at radius 1 is 1.65 bits per heavy atom. The van der Waals surface area contributed by atoms with Crippen molar-refractivity contribution in [2.45, 2.75) is 23.7 Å². The fraction of sp³-hybridized carbons (Fsp3) is 0.222. The zero-order chi connectivity index (χ0) is 12.4. The van der Waals surface area contributed by atoms with Gasteiger partial charge >= 0.3 is 5.69 Å². The molecule has 0 aliphatic rings. The van der Waals surface area contributed by atoms with Gasteiger partial charge in [-0.1, -0.05) is 0 Å². The van der Waals surface area contributed by atoms with Crippen LogP contribution in [0.4, 0.5) is 5.69 Å². The van der Waals surface area contributed by atoms with Crippen LogP contribution in [0.2, 0.25) is 0 Å². The first-order valence-electron chi connectivity index (χ1n) is 4.86. The molecular formula is C9H10BrN5OS. The van der Waals surface area contributed by atoms with E-state index in [1.807, 2.05) is 6.92 Å². The summed E-state index contributed by atoms with van der Waals surface area (Å²) in [6.07, 6.45) is 1.65. The van der Waals surface area contributed by atoms with Gasteiger partial charge in [-0.15, -0.1) is 5.10 Å². The number of rotatable bonds is 3. The zero-order valence-corrected chi connectivity index (χ0v) is 11.4. The molecule has 0 saturated heterocycles. The van der Waals surface area contributed by atoms with Gasteiger partial charge < -0.3 is 5.73 Å². The van der Waals surface area contributed by atoms with Crippen LogP contribution >= 0.6 is 27.7 Å². The summed E-state index contributed by atoms with van der Waals surface area (Å²) in [6, 6.07) is 1.76. The number of anilines is 1. The average Bonchev–Trinajstić information content (AvgIpc) is 2.63. The Morgan fingerprint density at radius 3 is 3.06 bits per heavy atom. The molecule has 2 rings (SSSR count). The number of H-pyrrole nitrogens is 1. The van der Waals surface area contributed by atoms with E-state index < -0.39 is 0 Å². The van der Waals surface area contributed by atoms with Crippen LogP contribution in [0.3, 0.4) is 0 Å². The molecule has 0 fully saturated rings. The third-order valence-electron chi connectivity index (χ3n) is 2.07. The molecule has 6 nitrogen and oxygen atoms in total. The average molecular weight is 316 g/mol. The van der Waals surface area contributed by atoms with Gasteiger partial charge in [0.05, 0.1) is 5.69 Å². The summed E-state index contributed by atoms with van der Waals surface area (Å²) in [5.74, 6) is 0. The highest BCUT2D eigenvalue weighted by molar-refractivity contribution is 9.10. The maximum atomic E-state index is 11.4. The monoisotopic (exact) mass is 315 g/mol. The van der Waals surface area contributed by atoms with Crippen LogP contribution in [-0.2, 0) is 6.54 Å². The first-order chi connectivity index (χ1) is 8.11. The van der Waals surface area contributed by atoms with Crippen LogP contribution in [0.5, 0.6) is 0 Å². The summed E-state index contributed by atoms with van der Waals surface area (Å²) in [4.78, 5) is 15.6. The van der Waals surface area contributed by atoms with Crippen LogP contribution in [-0.4, -0.2) is 19.7 Å². The molecule has 2 aromatic heterocycles. The molecule has 3 N–H and O–H groups in total. The second-order valence-electron chi connectivity index (χ2n) is 3.21. The first kappa shape index (κ1) is 12.2. The Balaban J connectivity index is 2.34. The summed E-state index contributed by atoms with van der Waals surface area (Å²) in [5.41, 5.74) is 6.14. The van der Waals surface area contributed by atoms with Crippen LogP contribution in [0.1, 0.15) is 6.92 Å². The van der Waals surface area contributed by atoms with Gasteiger partial charge in [0.25, 0.3) is 0 Å². The second-order valence-corrected chi connectivity index (χ2v) is 5.08. The van der Waals surface area contributed by atoms with Crippen LogP contribution in [0.25, 0.3) is 0 Å². The van der Waals surface area contributed by atoms with Crippen molar-refractivity contribution in [2.24, 2.45) is 0 Å². The van der Waals surface area contributed by atoms with Crippen LogP contribution < -0.4 is 11.4 Å². The predicted molar refractivity (Wildman–Crippen MR) is 69.0 cm³/mol. The number of aromatic nitrogens is 4. The maximum absolute atomic E-state index is 11.4. The van der Waals surface area contributed by atoms with Gasteiger partial charge in [-0.3, -0.25) is 4.57 Å². The van der Waals surface area contributed by atoms with E-state index in [1.54, 1.807) is 12.3 Å². The molecule has 0 unspecified atom stereocenters. The van der Waals surface area contributed by atoms with E-state index in [2.05, 4.69) is 31.1 Å². The molecule has 8 heteroatoms. The van der Waals surface area contributed by atoms with E-state index in [-0.39, 0.29) is 5.69 Å². The molecule has 0 spiro atoms. The zero-order valence-electron chi connectivity index (χ0n) is 8.98. The van der Waals surface area contributed by atoms with Crippen molar-refractivity contribution in [1.82, 2.24) is 19.7 Å². The lowest BCUT2D eigenvalue weighted by molar-refractivity contribution is 0.660. The van der Waals surface area contributed by atoms with Gasteiger partial charge in [0.1, 0.15) is 5.03 Å². The Kier molecular flexibility index (Phi) is 3.53. The lowest BCUT2D eigenvalue weighted by atomic mass is 10.4. The molecule has 0 amide bonds. The number of pyridine rings is 1. The molecule has 2 heterocycles. The van der Waals surface area contributed by atoms with Crippen molar-refractivity contribution < 1.29 is 0 Å². The number of hydrogen-bond acceptors (Lipinski definition) is 5. The molecular weight excluding hydrogens is 306 g/mol. The highest BCUT2D eigenvalue weighted by atomic mass is 79.9. The van der Waals surface area contributed by atoms with E-state index >= 15 is 0 Å². The molecule has 0 aromatic carbocycles. The molecule has 2 aromatic rings. The molecule has 0 saturated carbocycles. The Bertz CT molecular complexity index is 593. The minimum Gasteiger partial charge on any atom is -0.396 e. The van der Waals surface area contributed by atoms with Gasteiger partial charge in [-0.25, -0.2) is 14.9 Å². The number of nitrogens with zero attached hydrogens (tertiary/aromatic N) is 3. The normalized spacial score (nSPS) is 10.7. The lowest BCUT2D eigenvalue weighted by Gasteiger charge is -2.04. The van der Waals surface area contributed by atoms with Crippen LogP contribution in [0.15, 0.2) is 31.7 Å². The molecule has 0 bridgehead atoms. The second kappa shape index (κ2) is 4.92. The third kappa shape index (κ3) is 2.52. The predicted octanol–water partition coefficient (Wildman–Crippen LogP) is 1.48. The highest BCUT2D eigenvalue weighted by Gasteiger charge is 2.11. The molecule has 0 aliphatic heterocycles. The minimum absolute atomic E-state index is 0.231. The number of hydrogen-bond donors (Lipinski definition) is 2. The van der Waals surface area contributed by atoms with Gasteiger partial charge in [0, 0.05) is 17.2 Å². The molecule has 17 heavy (non-hydrogen) atoms. The molecule has 0 atom stereocenters. The third-order valence-corrected chi connectivity index (χ3v) is 3.54. The Morgan fingerprint density at radius 2 is 2.41 bits per heavy atom. The number of nitrogens with two attached hydrogens (primary N) is 1. The standard InChI is InChI=1S/C9H10BrN5OS/c1-2-15-8(16)13-14-9(15)17-7-6(11)3-5(10)4-12-7/h3-4H,2,11H2,1H3,(H,13,16). The van der Waals surface area contributed by atoms with Gasteiger partial charge in [0.2, 0.25) is 0 Å². The summed E-state index contributed by atoms with van der Waals surface area (Å²) in [5, 5.41) is 7.51. The summed E-state index contributed by atoms with van der Waals surface area (Å²) >= 11 is 4.54. The Labute approximate surface area is 110 Å². The Hall–Kier alpha value is -1.28. The van der Waals surface area contributed by atoms with E-state index in [4.69, 9.17) is 5.73 Å². The molecule has 90 valence electrons. The number of nitrogens with one attached hydrogen (secondary N) is 1. The van der Waals surface area contributed by atoms with Crippen molar-refractivity contribution >= 4 is 33.4 Å². The lowest BCUT2D eigenvalue weighted by Crippen LogP contribution is -2.16. The van der Waals surface area contributed by atoms with Gasteiger partial charge in [-0.05, 0) is 40.7 Å². The van der Waals surface area contributed by atoms with Crippen LogP contribution in [0, 0.1) is 0 Å². The van der Waals surface area contributed by atoms with Crippen molar-refractivity contribution in [3.8, 4) is 0 Å². The maximum Gasteiger partial charge on any atom is 0.343 e. The van der Waals surface area contributed by atoms with E-state index in [9.17, 15) is 4.79 Å². The van der Waals surface area contributed by atoms with Crippen molar-refractivity contribution in [3.63, 3.8) is 0 Å².